The average molecular weight is 446 g/mol. The molecule has 7 nitrogen and oxygen atoms in total. The maximum Gasteiger partial charge on any atom is 0.229 e. The molecule has 0 saturated carbocycles. The number of hydrogen-bond acceptors (Lipinski definition) is 7. The van der Waals surface area contributed by atoms with Crippen molar-refractivity contribution in [1.29, 1.82) is 0 Å². The van der Waals surface area contributed by atoms with E-state index < -0.39 is 0 Å². The van der Waals surface area contributed by atoms with Crippen LogP contribution in [0.4, 0.5) is 28.8 Å². The van der Waals surface area contributed by atoms with E-state index >= 15 is 0 Å². The van der Waals surface area contributed by atoms with Gasteiger partial charge in [-0.05, 0) is 56.0 Å². The van der Waals surface area contributed by atoms with Crippen LogP contribution in [0.15, 0.2) is 54.9 Å². The van der Waals surface area contributed by atoms with Crippen LogP contribution in [-0.2, 0) is 0 Å². The first-order valence-electron chi connectivity index (χ1n) is 10.8. The summed E-state index contributed by atoms with van der Waals surface area (Å²) < 4.78 is 0. The Morgan fingerprint density at radius 3 is 2.72 bits per heavy atom. The zero-order chi connectivity index (χ0) is 21.9. The van der Waals surface area contributed by atoms with E-state index in [0.29, 0.717) is 11.8 Å². The van der Waals surface area contributed by atoms with Crippen LogP contribution >= 0.6 is 11.6 Å². The highest BCUT2D eigenvalue weighted by Gasteiger charge is 2.14. The first-order valence-corrected chi connectivity index (χ1v) is 11.2. The molecule has 1 aliphatic heterocycles. The number of nitrogens with one attached hydrogen (secondary N) is 2. The van der Waals surface area contributed by atoms with Crippen LogP contribution in [0.1, 0.15) is 24.8 Å². The number of aryl methyl sites for hydroxylation is 1. The molecule has 0 amide bonds. The quantitative estimate of drug-likeness (QED) is 0.398. The summed E-state index contributed by atoms with van der Waals surface area (Å²) in [4.78, 5) is 11.3. The Morgan fingerprint density at radius 2 is 1.88 bits per heavy atom. The summed E-state index contributed by atoms with van der Waals surface area (Å²) in [5.74, 6) is 1.15. The van der Waals surface area contributed by atoms with Crippen molar-refractivity contribution in [3.05, 3.63) is 65.4 Å². The molecule has 1 saturated heterocycles. The second kappa shape index (κ2) is 8.96. The van der Waals surface area contributed by atoms with Gasteiger partial charge >= 0.3 is 0 Å². The SMILES string of the molecule is Cc1cccc2c(Nc3ccnc(Nc4ccc(N5CCCCC5)c(Cl)c4)n3)cnnc12. The molecular weight excluding hydrogens is 422 g/mol. The molecular formula is C24H24ClN7. The van der Waals surface area contributed by atoms with Gasteiger partial charge in [0, 0.05) is 30.4 Å². The Hall–Kier alpha value is -3.45. The minimum atomic E-state index is 0.485. The Balaban J connectivity index is 1.35. The first kappa shape index (κ1) is 20.5. The molecule has 3 heterocycles. The van der Waals surface area contributed by atoms with Gasteiger partial charge < -0.3 is 15.5 Å². The monoisotopic (exact) mass is 445 g/mol. The third kappa shape index (κ3) is 4.29. The van der Waals surface area contributed by atoms with Crippen LogP contribution in [-0.4, -0.2) is 33.3 Å². The zero-order valence-corrected chi connectivity index (χ0v) is 18.6. The van der Waals surface area contributed by atoms with E-state index in [1.54, 1.807) is 12.4 Å². The first-order chi connectivity index (χ1) is 15.7. The summed E-state index contributed by atoms with van der Waals surface area (Å²) in [5, 5.41) is 16.7. The second-order valence-electron chi connectivity index (χ2n) is 7.96. The van der Waals surface area contributed by atoms with Crippen molar-refractivity contribution < 1.29 is 0 Å². The minimum absolute atomic E-state index is 0.485. The van der Waals surface area contributed by atoms with E-state index in [-0.39, 0.29) is 0 Å². The van der Waals surface area contributed by atoms with Crippen molar-refractivity contribution in [2.45, 2.75) is 26.2 Å². The molecule has 32 heavy (non-hydrogen) atoms. The summed E-state index contributed by atoms with van der Waals surface area (Å²) in [5.41, 5.74) is 4.72. The molecule has 0 radical (unpaired) electrons. The van der Waals surface area contributed by atoms with Gasteiger partial charge in [0.1, 0.15) is 5.82 Å². The number of anilines is 5. The molecule has 2 aromatic heterocycles. The van der Waals surface area contributed by atoms with Gasteiger partial charge in [-0.15, -0.1) is 0 Å². The third-order valence-corrected chi connectivity index (χ3v) is 5.99. The molecule has 1 fully saturated rings. The number of aromatic nitrogens is 4. The average Bonchev–Trinajstić information content (AvgIpc) is 2.81. The Kier molecular flexibility index (Phi) is 5.73. The van der Waals surface area contributed by atoms with Crippen molar-refractivity contribution in [3.8, 4) is 0 Å². The number of halogens is 1. The second-order valence-corrected chi connectivity index (χ2v) is 8.37. The fraction of sp³-hybridized carbons (Fsp3) is 0.250. The predicted molar refractivity (Wildman–Crippen MR) is 130 cm³/mol. The van der Waals surface area contributed by atoms with E-state index in [0.717, 1.165) is 51.6 Å². The summed E-state index contributed by atoms with van der Waals surface area (Å²) in [6.45, 7) is 4.14. The van der Waals surface area contributed by atoms with Crippen molar-refractivity contribution >= 4 is 51.3 Å². The number of piperidine rings is 1. The number of nitrogens with zero attached hydrogens (tertiary/aromatic N) is 5. The molecule has 4 aromatic rings. The standard InChI is InChI=1S/C24H24ClN7/c1-16-6-5-7-18-20(15-27-31-23(16)18)29-22-10-11-26-24(30-22)28-17-8-9-21(19(25)14-17)32-12-3-2-4-13-32/h5-11,14-15H,2-4,12-13H2,1H3,(H2,26,28,29,30,31). The number of fused-ring (bicyclic) bond motifs is 1. The third-order valence-electron chi connectivity index (χ3n) is 5.69. The summed E-state index contributed by atoms with van der Waals surface area (Å²) in [6, 6.07) is 13.9. The van der Waals surface area contributed by atoms with E-state index in [2.05, 4.69) is 41.8 Å². The highest BCUT2D eigenvalue weighted by Crippen LogP contribution is 2.32. The van der Waals surface area contributed by atoms with Crippen LogP contribution in [0.25, 0.3) is 10.9 Å². The van der Waals surface area contributed by atoms with E-state index in [1.165, 1.54) is 19.3 Å². The topological polar surface area (TPSA) is 78.9 Å². The molecule has 2 aromatic carbocycles. The van der Waals surface area contributed by atoms with Crippen molar-refractivity contribution in [2.75, 3.05) is 28.6 Å². The maximum atomic E-state index is 6.59. The van der Waals surface area contributed by atoms with Gasteiger partial charge in [0.25, 0.3) is 0 Å². The minimum Gasteiger partial charge on any atom is -0.370 e. The summed E-state index contributed by atoms with van der Waals surface area (Å²) in [7, 11) is 0. The van der Waals surface area contributed by atoms with E-state index in [4.69, 9.17) is 11.6 Å². The molecule has 1 aliphatic rings. The van der Waals surface area contributed by atoms with Crippen LogP contribution in [0.2, 0.25) is 5.02 Å². The van der Waals surface area contributed by atoms with Gasteiger partial charge in [-0.3, -0.25) is 0 Å². The largest absolute Gasteiger partial charge is 0.370 e. The summed E-state index contributed by atoms with van der Waals surface area (Å²) in [6.07, 6.45) is 7.14. The zero-order valence-electron chi connectivity index (χ0n) is 17.8. The Morgan fingerprint density at radius 1 is 1.00 bits per heavy atom. The lowest BCUT2D eigenvalue weighted by Gasteiger charge is -2.29. The van der Waals surface area contributed by atoms with Gasteiger partial charge in [0.15, 0.2) is 0 Å². The Bertz CT molecular complexity index is 1250. The van der Waals surface area contributed by atoms with Gasteiger partial charge in [-0.2, -0.15) is 15.2 Å². The smallest absolute Gasteiger partial charge is 0.229 e. The van der Waals surface area contributed by atoms with Crippen molar-refractivity contribution in [1.82, 2.24) is 20.2 Å². The fourth-order valence-electron chi connectivity index (χ4n) is 4.05. The van der Waals surface area contributed by atoms with Crippen LogP contribution < -0.4 is 15.5 Å². The Labute approximate surface area is 191 Å². The number of benzene rings is 2. The lowest BCUT2D eigenvalue weighted by atomic mass is 10.1. The molecule has 0 atom stereocenters. The van der Waals surface area contributed by atoms with Crippen LogP contribution in [0, 0.1) is 6.92 Å². The molecule has 8 heteroatoms. The van der Waals surface area contributed by atoms with Crippen LogP contribution in [0.3, 0.4) is 0 Å². The fourth-order valence-corrected chi connectivity index (χ4v) is 4.35. The highest BCUT2D eigenvalue weighted by atomic mass is 35.5. The number of hydrogen-bond donors (Lipinski definition) is 2. The lowest BCUT2D eigenvalue weighted by molar-refractivity contribution is 0.578. The maximum absolute atomic E-state index is 6.59. The van der Waals surface area contributed by atoms with Crippen molar-refractivity contribution in [3.63, 3.8) is 0 Å². The molecule has 5 rings (SSSR count). The molecule has 0 bridgehead atoms. The van der Waals surface area contributed by atoms with E-state index in [1.807, 2.05) is 43.3 Å². The van der Waals surface area contributed by atoms with Gasteiger partial charge in [0.2, 0.25) is 5.95 Å². The normalized spacial score (nSPS) is 13.9. The van der Waals surface area contributed by atoms with Crippen molar-refractivity contribution in [2.24, 2.45) is 0 Å². The van der Waals surface area contributed by atoms with Crippen LogP contribution in [0.5, 0.6) is 0 Å². The van der Waals surface area contributed by atoms with Gasteiger partial charge in [-0.1, -0.05) is 29.8 Å². The molecule has 0 aliphatic carbocycles. The summed E-state index contributed by atoms with van der Waals surface area (Å²) >= 11 is 6.59. The van der Waals surface area contributed by atoms with Gasteiger partial charge in [-0.25, -0.2) is 4.98 Å². The molecule has 162 valence electrons. The predicted octanol–water partition coefficient (Wildman–Crippen LogP) is 5.86. The number of rotatable bonds is 5. The van der Waals surface area contributed by atoms with E-state index in [9.17, 15) is 0 Å². The molecule has 0 unspecified atom stereocenters. The lowest BCUT2D eigenvalue weighted by Crippen LogP contribution is -2.29. The highest BCUT2D eigenvalue weighted by molar-refractivity contribution is 6.33. The molecule has 2 N–H and O–H groups in total. The van der Waals surface area contributed by atoms with Gasteiger partial charge in [0.05, 0.1) is 28.1 Å². The molecule has 0 spiro atoms.